The van der Waals surface area contributed by atoms with Crippen molar-refractivity contribution in [2.75, 3.05) is 19.8 Å². The van der Waals surface area contributed by atoms with Crippen molar-refractivity contribution in [3.05, 3.63) is 20.8 Å². The Labute approximate surface area is 116 Å². The van der Waals surface area contributed by atoms with E-state index in [4.69, 9.17) is 9.47 Å². The average Bonchev–Trinajstić information content (AvgIpc) is 2.72. The normalized spacial score (nSPS) is 13.2. The molecule has 1 unspecified atom stereocenters. The minimum Gasteiger partial charge on any atom is -0.351 e. The summed E-state index contributed by atoms with van der Waals surface area (Å²) in [5.74, 6) is 0. The first-order valence-corrected chi connectivity index (χ1v) is 7.61. The fourth-order valence-corrected chi connectivity index (χ4v) is 3.34. The molecule has 1 rings (SSSR count). The van der Waals surface area contributed by atoms with Crippen molar-refractivity contribution in [1.29, 1.82) is 0 Å². The van der Waals surface area contributed by atoms with Gasteiger partial charge in [0.05, 0.1) is 6.04 Å². The van der Waals surface area contributed by atoms with E-state index in [2.05, 4.69) is 39.6 Å². The Bertz CT molecular complexity index is 313. The fourth-order valence-electron chi connectivity index (χ4n) is 1.63. The molecular formula is C12H20BrNO2S. The van der Waals surface area contributed by atoms with Crippen LogP contribution in [0, 0.1) is 0 Å². The summed E-state index contributed by atoms with van der Waals surface area (Å²) in [6.45, 7) is 8.23. The number of ether oxygens (including phenoxy) is 2. The van der Waals surface area contributed by atoms with Gasteiger partial charge in [-0.2, -0.15) is 0 Å². The topological polar surface area (TPSA) is 30.5 Å². The third-order valence-corrected chi connectivity index (χ3v) is 4.24. The fraction of sp³-hybridized carbons (Fsp3) is 0.667. The molecule has 1 N–H and O–H groups in total. The van der Waals surface area contributed by atoms with Gasteiger partial charge in [-0.3, -0.25) is 0 Å². The molecule has 1 heterocycles. The summed E-state index contributed by atoms with van der Waals surface area (Å²) < 4.78 is 12.5. The third kappa shape index (κ3) is 4.34. The zero-order chi connectivity index (χ0) is 12.7. The van der Waals surface area contributed by atoms with Gasteiger partial charge in [-0.15, -0.1) is 11.3 Å². The Morgan fingerprint density at radius 2 is 1.94 bits per heavy atom. The average molecular weight is 322 g/mol. The summed E-state index contributed by atoms with van der Waals surface area (Å²) in [5, 5.41) is 5.49. The predicted molar refractivity (Wildman–Crippen MR) is 75.5 cm³/mol. The maximum atomic E-state index is 5.68. The summed E-state index contributed by atoms with van der Waals surface area (Å²) in [7, 11) is 0. The standard InChI is InChI=1S/C12H20BrNO2S/c1-4-14-10(11-9(13)7-8-17-11)12(15-5-2)16-6-3/h7-8,10,12,14H,4-6H2,1-3H3. The first kappa shape index (κ1) is 15.1. The van der Waals surface area contributed by atoms with Crippen molar-refractivity contribution in [3.63, 3.8) is 0 Å². The number of hydrogen-bond donors (Lipinski definition) is 1. The highest BCUT2D eigenvalue weighted by molar-refractivity contribution is 9.10. The summed E-state index contributed by atoms with van der Waals surface area (Å²) >= 11 is 5.27. The lowest BCUT2D eigenvalue weighted by Gasteiger charge is -2.27. The zero-order valence-corrected chi connectivity index (χ0v) is 12.9. The Kier molecular flexibility index (Phi) is 7.30. The number of rotatable bonds is 8. The van der Waals surface area contributed by atoms with Gasteiger partial charge in [0, 0.05) is 22.6 Å². The third-order valence-electron chi connectivity index (χ3n) is 2.29. The van der Waals surface area contributed by atoms with Gasteiger partial charge in [-0.05, 0) is 47.8 Å². The highest BCUT2D eigenvalue weighted by Gasteiger charge is 2.26. The molecular weight excluding hydrogens is 302 g/mol. The highest BCUT2D eigenvalue weighted by Crippen LogP contribution is 2.32. The number of hydrogen-bond acceptors (Lipinski definition) is 4. The maximum Gasteiger partial charge on any atom is 0.177 e. The number of nitrogens with one attached hydrogen (secondary N) is 1. The van der Waals surface area contributed by atoms with Crippen molar-refractivity contribution in [3.8, 4) is 0 Å². The van der Waals surface area contributed by atoms with Crippen LogP contribution >= 0.6 is 27.3 Å². The molecule has 0 saturated heterocycles. The van der Waals surface area contributed by atoms with Gasteiger partial charge in [0.2, 0.25) is 0 Å². The molecule has 0 aliphatic rings. The van der Waals surface area contributed by atoms with Crippen LogP contribution in [0.2, 0.25) is 0 Å². The molecule has 1 aromatic rings. The van der Waals surface area contributed by atoms with Crippen LogP contribution in [0.15, 0.2) is 15.9 Å². The predicted octanol–water partition coefficient (Wildman–Crippen LogP) is 3.56. The smallest absolute Gasteiger partial charge is 0.177 e. The Morgan fingerprint density at radius 3 is 2.35 bits per heavy atom. The lowest BCUT2D eigenvalue weighted by atomic mass is 10.2. The van der Waals surface area contributed by atoms with Crippen molar-refractivity contribution in [1.82, 2.24) is 5.32 Å². The summed E-state index contributed by atoms with van der Waals surface area (Å²) in [6, 6.07) is 2.13. The van der Waals surface area contributed by atoms with Crippen molar-refractivity contribution in [2.24, 2.45) is 0 Å². The van der Waals surface area contributed by atoms with Crippen LogP contribution in [0.25, 0.3) is 0 Å². The van der Waals surface area contributed by atoms with Crippen LogP contribution in [-0.4, -0.2) is 26.0 Å². The minimum absolute atomic E-state index is 0.0780. The lowest BCUT2D eigenvalue weighted by molar-refractivity contribution is -0.154. The number of likely N-dealkylation sites (N-methyl/N-ethyl adjacent to an activating group) is 1. The maximum absolute atomic E-state index is 5.68. The molecule has 0 saturated carbocycles. The summed E-state index contributed by atoms with van der Waals surface area (Å²) in [5.41, 5.74) is 0. The molecule has 1 atom stereocenters. The van der Waals surface area contributed by atoms with E-state index in [1.54, 1.807) is 11.3 Å². The van der Waals surface area contributed by atoms with Crippen LogP contribution < -0.4 is 5.32 Å². The van der Waals surface area contributed by atoms with Crippen LogP contribution in [0.5, 0.6) is 0 Å². The second-order valence-electron chi connectivity index (χ2n) is 3.45. The molecule has 5 heteroatoms. The molecule has 0 aliphatic carbocycles. The van der Waals surface area contributed by atoms with E-state index in [1.165, 1.54) is 4.88 Å². The molecule has 1 aromatic heterocycles. The zero-order valence-electron chi connectivity index (χ0n) is 10.5. The second-order valence-corrected chi connectivity index (χ2v) is 5.25. The molecule has 3 nitrogen and oxygen atoms in total. The first-order valence-electron chi connectivity index (χ1n) is 5.94. The van der Waals surface area contributed by atoms with Gasteiger partial charge in [0.15, 0.2) is 6.29 Å². The molecule has 98 valence electrons. The van der Waals surface area contributed by atoms with Gasteiger partial charge in [0.1, 0.15) is 0 Å². The first-order chi connectivity index (χ1) is 8.24. The number of halogens is 1. The molecule has 0 fully saturated rings. The monoisotopic (exact) mass is 321 g/mol. The quantitative estimate of drug-likeness (QED) is 0.742. The summed E-state index contributed by atoms with van der Waals surface area (Å²) in [4.78, 5) is 1.22. The van der Waals surface area contributed by atoms with Crippen LogP contribution in [0.1, 0.15) is 31.7 Å². The van der Waals surface area contributed by atoms with E-state index >= 15 is 0 Å². The van der Waals surface area contributed by atoms with E-state index in [9.17, 15) is 0 Å². The Morgan fingerprint density at radius 1 is 1.29 bits per heavy atom. The van der Waals surface area contributed by atoms with E-state index in [-0.39, 0.29) is 12.3 Å². The van der Waals surface area contributed by atoms with Gasteiger partial charge in [0.25, 0.3) is 0 Å². The molecule has 0 radical (unpaired) electrons. The molecule has 0 aromatic carbocycles. The largest absolute Gasteiger partial charge is 0.351 e. The molecule has 0 bridgehead atoms. The van der Waals surface area contributed by atoms with Crippen LogP contribution in [0.3, 0.4) is 0 Å². The lowest BCUT2D eigenvalue weighted by Crippen LogP contribution is -2.35. The van der Waals surface area contributed by atoms with Crippen molar-refractivity contribution >= 4 is 27.3 Å². The minimum atomic E-state index is -0.236. The summed E-state index contributed by atoms with van der Waals surface area (Å²) in [6.07, 6.45) is -0.236. The Hall–Kier alpha value is 0.0600. The van der Waals surface area contributed by atoms with Gasteiger partial charge < -0.3 is 14.8 Å². The van der Waals surface area contributed by atoms with Gasteiger partial charge in [-0.1, -0.05) is 6.92 Å². The van der Waals surface area contributed by atoms with Crippen molar-refractivity contribution in [2.45, 2.75) is 33.1 Å². The molecule has 0 spiro atoms. The van der Waals surface area contributed by atoms with Crippen molar-refractivity contribution < 1.29 is 9.47 Å². The van der Waals surface area contributed by atoms with E-state index in [0.717, 1.165) is 11.0 Å². The highest BCUT2D eigenvalue weighted by atomic mass is 79.9. The molecule has 0 aliphatic heterocycles. The number of thiophene rings is 1. The van der Waals surface area contributed by atoms with E-state index in [1.807, 2.05) is 13.8 Å². The van der Waals surface area contributed by atoms with Crippen LogP contribution in [0.4, 0.5) is 0 Å². The Balaban J connectivity index is 2.85. The molecule has 0 amide bonds. The van der Waals surface area contributed by atoms with Gasteiger partial charge in [-0.25, -0.2) is 0 Å². The molecule has 17 heavy (non-hydrogen) atoms. The SMILES string of the molecule is CCNC(c1sccc1Br)C(OCC)OCC. The second kappa shape index (κ2) is 8.21. The van der Waals surface area contributed by atoms with E-state index < -0.39 is 0 Å². The van der Waals surface area contributed by atoms with E-state index in [0.29, 0.717) is 13.2 Å². The van der Waals surface area contributed by atoms with Gasteiger partial charge >= 0.3 is 0 Å². The van der Waals surface area contributed by atoms with Crippen LogP contribution in [-0.2, 0) is 9.47 Å².